The average Bonchev–Trinajstić information content (AvgIpc) is 3.16. The third-order valence-electron chi connectivity index (χ3n) is 4.52. The largest absolute Gasteiger partial charge is 0.345 e. The Hall–Kier alpha value is -2.95. The van der Waals surface area contributed by atoms with Gasteiger partial charge in [-0.3, -0.25) is 4.79 Å². The highest BCUT2D eigenvalue weighted by atomic mass is 16.1. The van der Waals surface area contributed by atoms with E-state index in [1.807, 2.05) is 35.9 Å². The molecule has 3 aromatic rings. The Balaban J connectivity index is 1.54. The number of carbonyl (C=O) groups is 1. The molecule has 0 saturated carbocycles. The first-order valence-electron chi connectivity index (χ1n) is 8.04. The van der Waals surface area contributed by atoms with E-state index in [2.05, 4.69) is 39.8 Å². The fourth-order valence-corrected chi connectivity index (χ4v) is 3.30. The van der Waals surface area contributed by atoms with Crippen molar-refractivity contribution in [2.75, 3.05) is 0 Å². The lowest BCUT2D eigenvalue weighted by Gasteiger charge is -2.15. The minimum Gasteiger partial charge on any atom is -0.345 e. The number of aromatic nitrogens is 3. The summed E-state index contributed by atoms with van der Waals surface area (Å²) in [5.41, 5.74) is 4.72. The zero-order chi connectivity index (χ0) is 16.5. The fraction of sp³-hybridized carbons (Fsp3) is 0.211. The van der Waals surface area contributed by atoms with E-state index < -0.39 is 0 Å². The number of rotatable bonds is 4. The number of nitrogens with one attached hydrogen (secondary N) is 1. The molecule has 1 aliphatic carbocycles. The number of benzene rings is 2. The number of fused-ring (bicyclic) bond motifs is 3. The molecule has 0 unspecified atom stereocenters. The van der Waals surface area contributed by atoms with Crippen LogP contribution in [-0.4, -0.2) is 20.7 Å². The lowest BCUT2D eigenvalue weighted by molar-refractivity contribution is -0.121. The number of amides is 1. The lowest BCUT2D eigenvalue weighted by atomic mass is 10.1. The molecule has 1 aliphatic rings. The van der Waals surface area contributed by atoms with Crippen LogP contribution in [0.25, 0.3) is 11.1 Å². The monoisotopic (exact) mass is 318 g/mol. The maximum absolute atomic E-state index is 12.5. The smallest absolute Gasteiger partial charge is 0.221 e. The minimum atomic E-state index is -0.0793. The molecule has 1 aromatic heterocycles. The Morgan fingerprint density at radius 2 is 1.71 bits per heavy atom. The number of aryl methyl sites for hydroxylation is 2. The first kappa shape index (κ1) is 14.6. The van der Waals surface area contributed by atoms with Crippen molar-refractivity contribution in [3.63, 3.8) is 0 Å². The summed E-state index contributed by atoms with van der Waals surface area (Å²) >= 11 is 0. The third kappa shape index (κ3) is 2.48. The molecule has 24 heavy (non-hydrogen) atoms. The summed E-state index contributed by atoms with van der Waals surface area (Å²) in [4.78, 5) is 12.5. The minimum absolute atomic E-state index is 0.0227. The standard InChI is InChI=1S/C19H18N4O/c1-23-12-20-22-17(23)10-11-18(24)21-19-15-8-4-2-6-13(15)14-7-3-5-9-16(14)19/h2-9,12,19H,10-11H2,1H3,(H,21,24). The molecule has 1 amide bonds. The van der Waals surface area contributed by atoms with Gasteiger partial charge in [0.1, 0.15) is 12.2 Å². The van der Waals surface area contributed by atoms with E-state index >= 15 is 0 Å². The molecule has 2 aromatic carbocycles. The van der Waals surface area contributed by atoms with Gasteiger partial charge in [0.25, 0.3) is 0 Å². The molecule has 0 fully saturated rings. The van der Waals surface area contributed by atoms with E-state index in [4.69, 9.17) is 0 Å². The van der Waals surface area contributed by atoms with Gasteiger partial charge in [0, 0.05) is 19.9 Å². The van der Waals surface area contributed by atoms with Crippen LogP contribution in [0.3, 0.4) is 0 Å². The van der Waals surface area contributed by atoms with Crippen molar-refractivity contribution in [1.82, 2.24) is 20.1 Å². The van der Waals surface area contributed by atoms with Gasteiger partial charge < -0.3 is 9.88 Å². The number of hydrogen-bond donors (Lipinski definition) is 1. The predicted molar refractivity (Wildman–Crippen MR) is 91.2 cm³/mol. The van der Waals surface area contributed by atoms with Gasteiger partial charge in [0.2, 0.25) is 5.91 Å². The van der Waals surface area contributed by atoms with Gasteiger partial charge in [-0.1, -0.05) is 48.5 Å². The lowest BCUT2D eigenvalue weighted by Crippen LogP contribution is -2.28. The summed E-state index contributed by atoms with van der Waals surface area (Å²) in [6.07, 6.45) is 2.63. The molecule has 0 aliphatic heterocycles. The van der Waals surface area contributed by atoms with Crippen LogP contribution in [0, 0.1) is 0 Å². The summed E-state index contributed by atoms with van der Waals surface area (Å²) in [7, 11) is 1.89. The van der Waals surface area contributed by atoms with Crippen LogP contribution in [-0.2, 0) is 18.3 Å². The van der Waals surface area contributed by atoms with Crippen LogP contribution in [0.15, 0.2) is 54.9 Å². The quantitative estimate of drug-likeness (QED) is 0.804. The first-order valence-corrected chi connectivity index (χ1v) is 8.04. The van der Waals surface area contributed by atoms with Crippen LogP contribution in [0.2, 0.25) is 0 Å². The van der Waals surface area contributed by atoms with Crippen LogP contribution in [0.1, 0.15) is 29.4 Å². The van der Waals surface area contributed by atoms with E-state index in [-0.39, 0.29) is 11.9 Å². The Labute approximate surface area is 140 Å². The summed E-state index contributed by atoms with van der Waals surface area (Å²) in [5, 5.41) is 11.0. The van der Waals surface area contributed by atoms with Crippen LogP contribution in [0.5, 0.6) is 0 Å². The van der Waals surface area contributed by atoms with Crippen molar-refractivity contribution >= 4 is 5.91 Å². The highest BCUT2D eigenvalue weighted by molar-refractivity contribution is 5.83. The molecule has 0 bridgehead atoms. The van der Waals surface area contributed by atoms with Crippen molar-refractivity contribution in [2.24, 2.45) is 7.05 Å². The molecule has 0 radical (unpaired) electrons. The molecule has 1 N–H and O–H groups in total. The second-order valence-electron chi connectivity index (χ2n) is 6.03. The van der Waals surface area contributed by atoms with Gasteiger partial charge in [-0.2, -0.15) is 0 Å². The Bertz CT molecular complexity index is 854. The van der Waals surface area contributed by atoms with Gasteiger partial charge >= 0.3 is 0 Å². The molecule has 0 atom stereocenters. The number of hydrogen-bond acceptors (Lipinski definition) is 3. The molecular weight excluding hydrogens is 300 g/mol. The van der Waals surface area contributed by atoms with E-state index in [0.717, 1.165) is 17.0 Å². The second kappa shape index (κ2) is 5.92. The zero-order valence-corrected chi connectivity index (χ0v) is 13.4. The molecular formula is C19H18N4O. The van der Waals surface area contributed by atoms with Gasteiger partial charge in [0.05, 0.1) is 6.04 Å². The zero-order valence-electron chi connectivity index (χ0n) is 13.4. The summed E-state index contributed by atoms with van der Waals surface area (Å²) < 4.78 is 1.84. The maximum atomic E-state index is 12.5. The maximum Gasteiger partial charge on any atom is 0.221 e. The number of carbonyl (C=O) groups excluding carboxylic acids is 1. The van der Waals surface area contributed by atoms with Crippen molar-refractivity contribution < 1.29 is 4.79 Å². The average molecular weight is 318 g/mol. The van der Waals surface area contributed by atoms with E-state index in [1.54, 1.807) is 6.33 Å². The van der Waals surface area contributed by atoms with Crippen LogP contribution in [0.4, 0.5) is 0 Å². The van der Waals surface area contributed by atoms with Crippen molar-refractivity contribution in [3.8, 4) is 11.1 Å². The Kier molecular flexibility index (Phi) is 3.61. The van der Waals surface area contributed by atoms with E-state index in [1.165, 1.54) is 11.1 Å². The highest BCUT2D eigenvalue weighted by Gasteiger charge is 2.28. The summed E-state index contributed by atoms with van der Waals surface area (Å²) in [6, 6.07) is 16.4. The van der Waals surface area contributed by atoms with Crippen molar-refractivity contribution in [1.29, 1.82) is 0 Å². The molecule has 5 nitrogen and oxygen atoms in total. The van der Waals surface area contributed by atoms with Gasteiger partial charge in [-0.15, -0.1) is 10.2 Å². The summed E-state index contributed by atoms with van der Waals surface area (Å²) in [5.74, 6) is 0.840. The SMILES string of the molecule is Cn1cnnc1CCC(=O)NC1c2ccccc2-c2ccccc21. The molecule has 4 rings (SSSR count). The molecule has 0 saturated heterocycles. The highest BCUT2D eigenvalue weighted by Crippen LogP contribution is 2.42. The second-order valence-corrected chi connectivity index (χ2v) is 6.03. The number of nitrogens with zero attached hydrogens (tertiary/aromatic N) is 3. The van der Waals surface area contributed by atoms with Crippen molar-refractivity contribution in [2.45, 2.75) is 18.9 Å². The van der Waals surface area contributed by atoms with Gasteiger partial charge in [-0.25, -0.2) is 0 Å². The normalized spacial score (nSPS) is 12.7. The van der Waals surface area contributed by atoms with Gasteiger partial charge in [-0.05, 0) is 22.3 Å². The van der Waals surface area contributed by atoms with Crippen LogP contribution >= 0.6 is 0 Å². The molecule has 1 heterocycles. The molecule has 120 valence electrons. The third-order valence-corrected chi connectivity index (χ3v) is 4.52. The van der Waals surface area contributed by atoms with E-state index in [9.17, 15) is 4.79 Å². The Morgan fingerprint density at radius 3 is 2.29 bits per heavy atom. The molecule has 0 spiro atoms. The van der Waals surface area contributed by atoms with E-state index in [0.29, 0.717) is 12.8 Å². The Morgan fingerprint density at radius 1 is 1.08 bits per heavy atom. The predicted octanol–water partition coefficient (Wildman–Crippen LogP) is 2.63. The molecule has 5 heteroatoms. The topological polar surface area (TPSA) is 59.8 Å². The first-order chi connectivity index (χ1) is 11.7. The summed E-state index contributed by atoms with van der Waals surface area (Å²) in [6.45, 7) is 0. The fourth-order valence-electron chi connectivity index (χ4n) is 3.30. The van der Waals surface area contributed by atoms with Crippen LogP contribution < -0.4 is 5.32 Å². The van der Waals surface area contributed by atoms with Gasteiger partial charge in [0.15, 0.2) is 0 Å². The van der Waals surface area contributed by atoms with Crippen molar-refractivity contribution in [3.05, 3.63) is 71.8 Å².